The summed E-state index contributed by atoms with van der Waals surface area (Å²) in [5.41, 5.74) is 1.70. The second kappa shape index (κ2) is 14.0. The monoisotopic (exact) mass is 446 g/mol. The lowest BCUT2D eigenvalue weighted by atomic mass is 10.2. The summed E-state index contributed by atoms with van der Waals surface area (Å²) in [5.74, 6) is -2.20. The van der Waals surface area contributed by atoms with Gasteiger partial charge in [0.15, 0.2) is 0 Å². The van der Waals surface area contributed by atoms with Gasteiger partial charge < -0.3 is 30.3 Å². The lowest BCUT2D eigenvalue weighted by Gasteiger charge is -2.09. The first-order valence-corrected chi connectivity index (χ1v) is 9.59. The fourth-order valence-corrected chi connectivity index (χ4v) is 2.01. The zero-order chi connectivity index (χ0) is 23.9. The van der Waals surface area contributed by atoms with Gasteiger partial charge in [0.05, 0.1) is 0 Å². The highest BCUT2D eigenvalue weighted by molar-refractivity contribution is 5.79. The molecule has 10 nitrogen and oxygen atoms in total. The lowest BCUT2D eigenvalue weighted by molar-refractivity contribution is -0.139. The Kier molecular flexibility index (Phi) is 11.4. The molecule has 2 rings (SSSR count). The first kappa shape index (κ1) is 26.0. The maximum absolute atomic E-state index is 11.1. The molecular formula is C22H26N2O8. The molecule has 2 atom stereocenters. The number of carbonyl (C=O) groups is 4. The van der Waals surface area contributed by atoms with Gasteiger partial charge in [0, 0.05) is 0 Å². The molecule has 0 aliphatic rings. The van der Waals surface area contributed by atoms with E-state index in [2.05, 4.69) is 10.6 Å². The van der Waals surface area contributed by atoms with E-state index in [0.29, 0.717) is 0 Å². The van der Waals surface area contributed by atoms with Gasteiger partial charge in [-0.05, 0) is 25.0 Å². The van der Waals surface area contributed by atoms with E-state index in [1.54, 1.807) is 0 Å². The van der Waals surface area contributed by atoms with Crippen LogP contribution in [-0.4, -0.2) is 46.4 Å². The summed E-state index contributed by atoms with van der Waals surface area (Å²) < 4.78 is 9.67. The molecule has 0 aliphatic heterocycles. The van der Waals surface area contributed by atoms with Crippen molar-refractivity contribution in [1.29, 1.82) is 0 Å². The van der Waals surface area contributed by atoms with Gasteiger partial charge in [-0.2, -0.15) is 0 Å². The third-order valence-electron chi connectivity index (χ3n) is 3.84. The molecule has 0 spiro atoms. The molecule has 2 aromatic rings. The molecule has 0 aromatic heterocycles. The molecule has 0 heterocycles. The number of carboxylic acid groups (broad SMARTS) is 2. The van der Waals surface area contributed by atoms with Crippen molar-refractivity contribution in [3.8, 4) is 0 Å². The van der Waals surface area contributed by atoms with Crippen LogP contribution in [0, 0.1) is 0 Å². The largest absolute Gasteiger partial charge is 0.480 e. The van der Waals surface area contributed by atoms with Gasteiger partial charge in [-0.1, -0.05) is 60.7 Å². The van der Waals surface area contributed by atoms with Crippen molar-refractivity contribution in [2.75, 3.05) is 0 Å². The highest BCUT2D eigenvalue weighted by Gasteiger charge is 2.15. The number of carboxylic acids is 2. The number of ether oxygens (including phenoxy) is 2. The Balaban J connectivity index is 0.000000320. The Labute approximate surface area is 185 Å². The second-order valence-corrected chi connectivity index (χ2v) is 6.53. The zero-order valence-electron chi connectivity index (χ0n) is 17.7. The van der Waals surface area contributed by atoms with Crippen LogP contribution in [0.5, 0.6) is 0 Å². The van der Waals surface area contributed by atoms with Crippen molar-refractivity contribution < 1.29 is 38.9 Å². The maximum atomic E-state index is 11.1. The summed E-state index contributed by atoms with van der Waals surface area (Å²) in [6, 6.07) is 16.4. The summed E-state index contributed by atoms with van der Waals surface area (Å²) in [6.07, 6.45) is -1.47. The van der Waals surface area contributed by atoms with E-state index < -0.39 is 36.2 Å². The summed E-state index contributed by atoms with van der Waals surface area (Å²) in [7, 11) is 0. The molecule has 0 bridgehead atoms. The average molecular weight is 446 g/mol. The van der Waals surface area contributed by atoms with Gasteiger partial charge in [-0.25, -0.2) is 9.59 Å². The molecule has 0 saturated heterocycles. The standard InChI is InChI=1S/2C11H13NO4/c2*1-8(10(13)14)12-11(15)16-7-9-5-3-2-4-6-9/h2*2-6,8H,7H2,1H3,(H,12,15)(H,13,14)/t2*8-/m00/s1. The van der Waals surface area contributed by atoms with Crippen molar-refractivity contribution in [1.82, 2.24) is 10.6 Å². The quantitative estimate of drug-likeness (QED) is 0.483. The molecular weight excluding hydrogens is 420 g/mol. The van der Waals surface area contributed by atoms with E-state index in [0.717, 1.165) is 11.1 Å². The zero-order valence-corrected chi connectivity index (χ0v) is 17.7. The molecule has 2 amide bonds. The molecule has 0 saturated carbocycles. The van der Waals surface area contributed by atoms with Gasteiger partial charge in [0.1, 0.15) is 25.3 Å². The van der Waals surface area contributed by atoms with Crippen molar-refractivity contribution in [2.24, 2.45) is 0 Å². The van der Waals surface area contributed by atoms with Crippen LogP contribution in [0.4, 0.5) is 9.59 Å². The Morgan fingerprint density at radius 1 is 0.688 bits per heavy atom. The molecule has 172 valence electrons. The Hall–Kier alpha value is -4.08. The van der Waals surface area contributed by atoms with E-state index in [1.165, 1.54) is 13.8 Å². The molecule has 0 aliphatic carbocycles. The van der Waals surface area contributed by atoms with Crippen LogP contribution in [-0.2, 0) is 32.3 Å². The van der Waals surface area contributed by atoms with Crippen LogP contribution >= 0.6 is 0 Å². The van der Waals surface area contributed by atoms with Crippen LogP contribution < -0.4 is 10.6 Å². The van der Waals surface area contributed by atoms with Gasteiger partial charge >= 0.3 is 24.1 Å². The number of hydrogen-bond acceptors (Lipinski definition) is 6. The SMILES string of the molecule is C[C@H](NC(=O)OCc1ccccc1)C(=O)O.C[C@H](NC(=O)OCc1ccccc1)C(=O)O. The van der Waals surface area contributed by atoms with Gasteiger partial charge in [0.25, 0.3) is 0 Å². The Morgan fingerprint density at radius 3 is 1.28 bits per heavy atom. The number of alkyl carbamates (subject to hydrolysis) is 2. The van der Waals surface area contributed by atoms with Gasteiger partial charge in [-0.3, -0.25) is 9.59 Å². The smallest absolute Gasteiger partial charge is 0.408 e. The van der Waals surface area contributed by atoms with Crippen LogP contribution in [0.2, 0.25) is 0 Å². The Bertz CT molecular complexity index is 801. The number of amides is 2. The second-order valence-electron chi connectivity index (χ2n) is 6.53. The maximum Gasteiger partial charge on any atom is 0.408 e. The lowest BCUT2D eigenvalue weighted by Crippen LogP contribution is -2.38. The van der Waals surface area contributed by atoms with E-state index >= 15 is 0 Å². The first-order valence-electron chi connectivity index (χ1n) is 9.59. The summed E-state index contributed by atoms with van der Waals surface area (Å²) >= 11 is 0. The minimum absolute atomic E-state index is 0.124. The predicted octanol–water partition coefficient (Wildman–Crippen LogP) is 2.77. The number of hydrogen-bond donors (Lipinski definition) is 4. The van der Waals surface area contributed by atoms with Crippen molar-refractivity contribution >= 4 is 24.1 Å². The fourth-order valence-electron chi connectivity index (χ4n) is 2.01. The third-order valence-corrected chi connectivity index (χ3v) is 3.84. The van der Waals surface area contributed by atoms with Crippen molar-refractivity contribution in [3.63, 3.8) is 0 Å². The number of nitrogens with one attached hydrogen (secondary N) is 2. The molecule has 2 aromatic carbocycles. The molecule has 0 unspecified atom stereocenters. The summed E-state index contributed by atoms with van der Waals surface area (Å²) in [4.78, 5) is 43.1. The third kappa shape index (κ3) is 11.2. The summed E-state index contributed by atoms with van der Waals surface area (Å²) in [6.45, 7) is 2.98. The molecule has 0 radical (unpaired) electrons. The van der Waals surface area contributed by atoms with Crippen LogP contribution in [0.25, 0.3) is 0 Å². The van der Waals surface area contributed by atoms with E-state index in [4.69, 9.17) is 19.7 Å². The molecule has 32 heavy (non-hydrogen) atoms. The molecule has 0 fully saturated rings. The topological polar surface area (TPSA) is 151 Å². The Morgan fingerprint density at radius 2 is 1.00 bits per heavy atom. The average Bonchev–Trinajstić information content (AvgIpc) is 2.78. The van der Waals surface area contributed by atoms with Crippen LogP contribution in [0.1, 0.15) is 25.0 Å². The van der Waals surface area contributed by atoms with Crippen molar-refractivity contribution in [3.05, 3.63) is 71.8 Å². The molecule has 10 heteroatoms. The highest BCUT2D eigenvalue weighted by atomic mass is 16.6. The van der Waals surface area contributed by atoms with Crippen LogP contribution in [0.15, 0.2) is 60.7 Å². The minimum Gasteiger partial charge on any atom is -0.480 e. The predicted molar refractivity (Wildman–Crippen MR) is 114 cm³/mol. The van der Waals surface area contributed by atoms with Crippen molar-refractivity contribution in [2.45, 2.75) is 39.1 Å². The summed E-state index contributed by atoms with van der Waals surface area (Å²) in [5, 5.41) is 21.5. The number of rotatable bonds is 8. The van der Waals surface area contributed by atoms with E-state index in [1.807, 2.05) is 60.7 Å². The number of benzene rings is 2. The first-order chi connectivity index (χ1) is 15.2. The number of aliphatic carboxylic acids is 2. The van der Waals surface area contributed by atoms with Gasteiger partial charge in [0.2, 0.25) is 0 Å². The normalized spacial score (nSPS) is 11.6. The van der Waals surface area contributed by atoms with E-state index in [-0.39, 0.29) is 13.2 Å². The van der Waals surface area contributed by atoms with E-state index in [9.17, 15) is 19.2 Å². The highest BCUT2D eigenvalue weighted by Crippen LogP contribution is 2.01. The van der Waals surface area contributed by atoms with Gasteiger partial charge in [-0.15, -0.1) is 0 Å². The minimum atomic E-state index is -1.10. The number of carbonyl (C=O) groups excluding carboxylic acids is 2. The van der Waals surface area contributed by atoms with Crippen LogP contribution in [0.3, 0.4) is 0 Å². The fraction of sp³-hybridized carbons (Fsp3) is 0.273. The molecule has 4 N–H and O–H groups in total.